The van der Waals surface area contributed by atoms with E-state index in [0.717, 1.165) is 71.7 Å². The van der Waals surface area contributed by atoms with Crippen LogP contribution in [0.15, 0.2) is 12.3 Å². The quantitative estimate of drug-likeness (QED) is 0.110. The summed E-state index contributed by atoms with van der Waals surface area (Å²) in [5.74, 6) is 1.45. The molecular weight excluding hydrogens is 587 g/mol. The molecule has 0 radical (unpaired) electrons. The summed E-state index contributed by atoms with van der Waals surface area (Å²) in [7, 11) is -0.477. The first kappa shape index (κ1) is 29.0. The van der Waals surface area contributed by atoms with E-state index < -0.39 is 16.1 Å². The van der Waals surface area contributed by atoms with Gasteiger partial charge >= 0.3 is 0 Å². The van der Waals surface area contributed by atoms with E-state index in [1.165, 1.54) is 0 Å². The lowest BCUT2D eigenvalue weighted by Gasteiger charge is -2.29. The molecule has 0 bridgehead atoms. The van der Waals surface area contributed by atoms with Crippen LogP contribution in [0.25, 0.3) is 5.65 Å². The summed E-state index contributed by atoms with van der Waals surface area (Å²) in [6.45, 7) is 16.8. The first-order chi connectivity index (χ1) is 16.5. The maximum atomic E-state index is 6.20. The molecule has 0 spiro atoms. The molecule has 0 unspecified atom stereocenters. The summed E-state index contributed by atoms with van der Waals surface area (Å²) in [5.41, 5.74) is 2.07. The van der Waals surface area contributed by atoms with E-state index in [1.807, 2.05) is 17.8 Å². The van der Waals surface area contributed by atoms with Crippen molar-refractivity contribution in [3.63, 3.8) is 0 Å². The van der Waals surface area contributed by atoms with Crippen molar-refractivity contribution in [2.24, 2.45) is 0 Å². The Balaban J connectivity index is 1.83. The molecule has 0 N–H and O–H groups in total. The van der Waals surface area contributed by atoms with Crippen LogP contribution in [0.4, 0.5) is 5.82 Å². The molecule has 0 atom stereocenters. The number of hydrogen-bond donors (Lipinski definition) is 0. The van der Waals surface area contributed by atoms with Crippen LogP contribution in [-0.2, 0) is 14.2 Å². The summed E-state index contributed by atoms with van der Waals surface area (Å²) in [6, 6.07) is 4.52. The van der Waals surface area contributed by atoms with Crippen LogP contribution < -0.4 is 4.90 Å². The van der Waals surface area contributed by atoms with Gasteiger partial charge in [0.1, 0.15) is 19.3 Å². The van der Waals surface area contributed by atoms with Gasteiger partial charge in [0, 0.05) is 54.1 Å². The number of rotatable bonds is 13. The van der Waals surface area contributed by atoms with Crippen molar-refractivity contribution in [2.45, 2.75) is 89.1 Å². The summed E-state index contributed by atoms with van der Waals surface area (Å²) < 4.78 is 21.0. The largest absolute Gasteiger partial charge is 0.381 e. The number of methoxy groups -OCH3 is 1. The van der Waals surface area contributed by atoms with E-state index in [9.17, 15) is 0 Å². The van der Waals surface area contributed by atoms with Gasteiger partial charge in [-0.2, -0.15) is 9.61 Å². The van der Waals surface area contributed by atoms with Crippen LogP contribution >= 0.6 is 22.6 Å². The number of fused-ring (bicyclic) bond motifs is 1. The molecule has 10 heteroatoms. The zero-order chi connectivity index (χ0) is 25.6. The highest BCUT2D eigenvalue weighted by Crippen LogP contribution is 2.35. The second-order valence-electron chi connectivity index (χ2n) is 12.2. The molecule has 1 saturated carbocycles. The van der Waals surface area contributed by atoms with E-state index in [0.29, 0.717) is 25.5 Å². The Morgan fingerprint density at radius 2 is 1.54 bits per heavy atom. The Labute approximate surface area is 227 Å². The molecule has 0 aliphatic heterocycles. The van der Waals surface area contributed by atoms with Crippen LogP contribution in [0.1, 0.15) is 37.3 Å². The predicted molar refractivity (Wildman–Crippen MR) is 158 cm³/mol. The van der Waals surface area contributed by atoms with Crippen molar-refractivity contribution in [1.29, 1.82) is 0 Å². The van der Waals surface area contributed by atoms with Crippen LogP contribution in [0.3, 0.4) is 0 Å². The maximum Gasteiger partial charge on any atom is 0.171 e. The number of aromatic nitrogens is 3. The number of ether oxygens (including phenoxy) is 3. The van der Waals surface area contributed by atoms with E-state index in [1.54, 1.807) is 0 Å². The molecule has 1 aliphatic rings. The Bertz CT molecular complexity index is 915. The van der Waals surface area contributed by atoms with Gasteiger partial charge < -0.3 is 19.1 Å². The molecule has 7 nitrogen and oxygen atoms in total. The van der Waals surface area contributed by atoms with Gasteiger partial charge in [0.25, 0.3) is 0 Å². The Hall–Kier alpha value is -0.536. The summed E-state index contributed by atoms with van der Waals surface area (Å²) in [6.07, 6.45) is 6.65. The molecule has 2 heterocycles. The van der Waals surface area contributed by atoms with Gasteiger partial charge in [-0.15, -0.1) is 0 Å². The minimum absolute atomic E-state index is 0.376. The average Bonchev–Trinajstić information content (AvgIpc) is 3.17. The zero-order valence-electron chi connectivity index (χ0n) is 22.8. The van der Waals surface area contributed by atoms with Crippen LogP contribution in [0.5, 0.6) is 0 Å². The molecule has 1 fully saturated rings. The van der Waals surface area contributed by atoms with Gasteiger partial charge in [-0.1, -0.05) is 39.3 Å². The van der Waals surface area contributed by atoms with Crippen molar-refractivity contribution in [2.75, 3.05) is 38.7 Å². The van der Waals surface area contributed by atoms with Crippen LogP contribution in [0.2, 0.25) is 51.4 Å². The molecule has 1 aliphatic carbocycles. The van der Waals surface area contributed by atoms with Crippen molar-refractivity contribution < 1.29 is 14.2 Å². The Kier molecular flexibility index (Phi) is 10.6. The fraction of sp³-hybridized carbons (Fsp3) is 0.760. The van der Waals surface area contributed by atoms with E-state index in [2.05, 4.69) is 77.9 Å². The van der Waals surface area contributed by atoms with E-state index in [-0.39, 0.29) is 0 Å². The highest BCUT2D eigenvalue weighted by molar-refractivity contribution is 14.1. The SMILES string of the molecule is CO[C@H]1CC[C@@H](c2cc(N(COCC[Si](C)(C)C)COCC[Si](C)(C)C)n3ncc(I)c3n2)CC1. The van der Waals surface area contributed by atoms with Crippen molar-refractivity contribution >= 4 is 50.2 Å². The van der Waals surface area contributed by atoms with Crippen LogP contribution in [0, 0.1) is 3.57 Å². The second-order valence-corrected chi connectivity index (χ2v) is 24.6. The van der Waals surface area contributed by atoms with Gasteiger partial charge in [-0.05, 0) is 60.4 Å². The van der Waals surface area contributed by atoms with Gasteiger partial charge in [-0.3, -0.25) is 0 Å². The molecule has 0 saturated heterocycles. The average molecular weight is 633 g/mol. The summed E-state index contributed by atoms with van der Waals surface area (Å²) in [5, 5.41) is 4.67. The van der Waals surface area contributed by atoms with Gasteiger partial charge in [0.05, 0.1) is 15.9 Å². The number of hydrogen-bond acceptors (Lipinski definition) is 6. The Morgan fingerprint density at radius 3 is 2.06 bits per heavy atom. The van der Waals surface area contributed by atoms with Crippen molar-refractivity contribution in [3.8, 4) is 0 Å². The fourth-order valence-electron chi connectivity index (χ4n) is 4.24. The van der Waals surface area contributed by atoms with Gasteiger partial charge in [-0.25, -0.2) is 4.98 Å². The number of anilines is 1. The maximum absolute atomic E-state index is 6.20. The van der Waals surface area contributed by atoms with Gasteiger partial charge in [0.2, 0.25) is 0 Å². The third kappa shape index (κ3) is 9.06. The van der Waals surface area contributed by atoms with E-state index in [4.69, 9.17) is 19.2 Å². The third-order valence-electron chi connectivity index (χ3n) is 6.67. The minimum Gasteiger partial charge on any atom is -0.381 e. The fourth-order valence-corrected chi connectivity index (χ4v) is 6.23. The molecule has 0 aromatic carbocycles. The monoisotopic (exact) mass is 632 g/mol. The smallest absolute Gasteiger partial charge is 0.171 e. The molecule has 0 amide bonds. The molecule has 198 valence electrons. The summed E-state index contributed by atoms with van der Waals surface area (Å²) >= 11 is 2.34. The summed E-state index contributed by atoms with van der Waals surface area (Å²) in [4.78, 5) is 7.26. The lowest BCUT2D eigenvalue weighted by atomic mass is 9.85. The molecular formula is C25H45IN4O3Si2. The predicted octanol–water partition coefficient (Wildman–Crippen LogP) is 6.44. The normalized spacial score (nSPS) is 19.4. The highest BCUT2D eigenvalue weighted by atomic mass is 127. The van der Waals surface area contributed by atoms with Crippen molar-refractivity contribution in [3.05, 3.63) is 21.5 Å². The number of nitrogens with zero attached hydrogens (tertiary/aromatic N) is 4. The highest BCUT2D eigenvalue weighted by Gasteiger charge is 2.26. The number of halogens is 1. The lowest BCUT2D eigenvalue weighted by molar-refractivity contribution is 0.0655. The first-order valence-electron chi connectivity index (χ1n) is 12.9. The standard InChI is InChI=1S/C25H45IN4O3Si2/c1-31-21-10-8-20(9-11-21)23-16-24(30-25(28-23)22(26)17-27-30)29(18-32-12-14-34(2,3)4)19-33-13-15-35(5,6)7/h16-17,20-21H,8-15,18-19H2,1-7H3/t20-,21+. The molecule has 3 rings (SSSR count). The van der Waals surface area contributed by atoms with Crippen molar-refractivity contribution in [1.82, 2.24) is 14.6 Å². The van der Waals surface area contributed by atoms with E-state index >= 15 is 0 Å². The molecule has 2 aromatic rings. The second kappa shape index (κ2) is 12.8. The minimum atomic E-state index is -1.15. The Morgan fingerprint density at radius 1 is 0.971 bits per heavy atom. The van der Waals surface area contributed by atoms with Gasteiger partial charge in [0.15, 0.2) is 5.65 Å². The van der Waals surface area contributed by atoms with Crippen LogP contribution in [-0.4, -0.2) is 70.6 Å². The molecule has 2 aromatic heterocycles. The third-order valence-corrected chi connectivity index (χ3v) is 10.8. The zero-order valence-corrected chi connectivity index (χ0v) is 26.9. The lowest BCUT2D eigenvalue weighted by Crippen LogP contribution is -2.33. The first-order valence-corrected chi connectivity index (χ1v) is 21.4. The molecule has 35 heavy (non-hydrogen) atoms. The topological polar surface area (TPSA) is 61.1 Å².